The molecular formula is C15H13F3N2O. The number of primary amides is 1. The van der Waals surface area contributed by atoms with Crippen LogP contribution in [0.1, 0.15) is 21.5 Å². The zero-order chi connectivity index (χ0) is 15.5. The van der Waals surface area contributed by atoms with Gasteiger partial charge in [-0.1, -0.05) is 24.3 Å². The molecule has 3 nitrogen and oxygen atoms in total. The van der Waals surface area contributed by atoms with Crippen LogP contribution in [-0.2, 0) is 12.7 Å². The molecule has 0 atom stereocenters. The molecule has 1 amide bonds. The number of hydrogen-bond acceptors (Lipinski definition) is 2. The van der Waals surface area contributed by atoms with E-state index in [1.54, 1.807) is 12.1 Å². The van der Waals surface area contributed by atoms with Gasteiger partial charge in [-0.3, -0.25) is 4.79 Å². The molecule has 0 aromatic heterocycles. The van der Waals surface area contributed by atoms with E-state index in [9.17, 15) is 18.0 Å². The van der Waals surface area contributed by atoms with Gasteiger partial charge in [0.2, 0.25) is 5.91 Å². The van der Waals surface area contributed by atoms with Crippen LogP contribution in [0.2, 0.25) is 0 Å². The van der Waals surface area contributed by atoms with Crippen LogP contribution in [0.4, 0.5) is 18.9 Å². The Morgan fingerprint density at radius 1 is 1.05 bits per heavy atom. The van der Waals surface area contributed by atoms with Crippen LogP contribution in [0.5, 0.6) is 0 Å². The molecule has 110 valence electrons. The van der Waals surface area contributed by atoms with E-state index in [0.717, 1.165) is 11.6 Å². The highest BCUT2D eigenvalue weighted by Crippen LogP contribution is 2.34. The maximum absolute atomic E-state index is 12.8. The summed E-state index contributed by atoms with van der Waals surface area (Å²) < 4.78 is 38.5. The second kappa shape index (κ2) is 5.87. The quantitative estimate of drug-likeness (QED) is 0.908. The van der Waals surface area contributed by atoms with Gasteiger partial charge in [0.15, 0.2) is 0 Å². The number of benzene rings is 2. The summed E-state index contributed by atoms with van der Waals surface area (Å²) in [7, 11) is 0. The standard InChI is InChI=1S/C15H13F3N2O/c16-15(17,18)12-3-1-2-4-13(12)20-9-10-5-7-11(8-6-10)14(19)21/h1-8,20H,9H2,(H2,19,21). The van der Waals surface area contributed by atoms with Crippen molar-refractivity contribution in [1.29, 1.82) is 0 Å². The molecule has 2 rings (SSSR count). The van der Waals surface area contributed by atoms with Crippen molar-refractivity contribution in [1.82, 2.24) is 0 Å². The summed E-state index contributed by atoms with van der Waals surface area (Å²) in [5.41, 5.74) is 5.53. The molecule has 0 aliphatic heterocycles. The van der Waals surface area contributed by atoms with Gasteiger partial charge in [-0.05, 0) is 29.8 Å². The van der Waals surface area contributed by atoms with E-state index in [2.05, 4.69) is 5.32 Å². The third kappa shape index (κ3) is 3.75. The molecule has 0 saturated carbocycles. The van der Waals surface area contributed by atoms with Crippen LogP contribution >= 0.6 is 0 Å². The first-order chi connectivity index (χ1) is 9.88. The van der Waals surface area contributed by atoms with Crippen LogP contribution < -0.4 is 11.1 Å². The number of halogens is 3. The van der Waals surface area contributed by atoms with Crippen molar-refractivity contribution in [2.45, 2.75) is 12.7 Å². The summed E-state index contributed by atoms with van der Waals surface area (Å²) in [6.45, 7) is 0.214. The van der Waals surface area contributed by atoms with Gasteiger partial charge in [0.1, 0.15) is 0 Å². The second-order valence-corrected chi connectivity index (χ2v) is 4.46. The zero-order valence-corrected chi connectivity index (χ0v) is 10.9. The van der Waals surface area contributed by atoms with Crippen LogP contribution in [-0.4, -0.2) is 5.91 Å². The lowest BCUT2D eigenvalue weighted by Crippen LogP contribution is -2.12. The lowest BCUT2D eigenvalue weighted by Gasteiger charge is -2.14. The van der Waals surface area contributed by atoms with Gasteiger partial charge < -0.3 is 11.1 Å². The molecule has 0 aliphatic carbocycles. The lowest BCUT2D eigenvalue weighted by molar-refractivity contribution is -0.137. The SMILES string of the molecule is NC(=O)c1ccc(CNc2ccccc2C(F)(F)F)cc1. The van der Waals surface area contributed by atoms with Crippen molar-refractivity contribution in [2.24, 2.45) is 5.73 Å². The molecule has 2 aromatic rings. The number of amides is 1. The molecule has 0 heterocycles. The highest BCUT2D eigenvalue weighted by atomic mass is 19.4. The number of hydrogen-bond donors (Lipinski definition) is 2. The Labute approximate surface area is 119 Å². The lowest BCUT2D eigenvalue weighted by atomic mass is 10.1. The predicted octanol–water partition coefficient (Wildman–Crippen LogP) is 3.42. The Hall–Kier alpha value is -2.50. The summed E-state index contributed by atoms with van der Waals surface area (Å²) in [5, 5.41) is 2.75. The van der Waals surface area contributed by atoms with Gasteiger partial charge in [-0.25, -0.2) is 0 Å². The van der Waals surface area contributed by atoms with Crippen LogP contribution in [0, 0.1) is 0 Å². The zero-order valence-electron chi connectivity index (χ0n) is 10.9. The molecule has 2 aromatic carbocycles. The number of rotatable bonds is 4. The Morgan fingerprint density at radius 2 is 1.67 bits per heavy atom. The normalized spacial score (nSPS) is 11.2. The number of nitrogens with two attached hydrogens (primary N) is 1. The first kappa shape index (κ1) is 14.9. The molecule has 21 heavy (non-hydrogen) atoms. The van der Waals surface area contributed by atoms with Crippen molar-refractivity contribution in [3.05, 3.63) is 65.2 Å². The van der Waals surface area contributed by atoms with Crippen LogP contribution in [0.25, 0.3) is 0 Å². The van der Waals surface area contributed by atoms with E-state index in [1.165, 1.54) is 30.3 Å². The number of carbonyl (C=O) groups is 1. The monoisotopic (exact) mass is 294 g/mol. The Balaban J connectivity index is 2.12. The minimum absolute atomic E-state index is 0.0176. The fourth-order valence-electron chi connectivity index (χ4n) is 1.87. The average Bonchev–Trinajstić information content (AvgIpc) is 2.45. The number of carbonyl (C=O) groups excluding carboxylic acids is 1. The number of para-hydroxylation sites is 1. The first-order valence-electron chi connectivity index (χ1n) is 6.17. The van der Waals surface area contributed by atoms with E-state index < -0.39 is 17.6 Å². The van der Waals surface area contributed by atoms with Crippen molar-refractivity contribution in [3.8, 4) is 0 Å². The molecule has 3 N–H and O–H groups in total. The van der Waals surface area contributed by atoms with Gasteiger partial charge in [-0.15, -0.1) is 0 Å². The average molecular weight is 294 g/mol. The number of nitrogens with one attached hydrogen (secondary N) is 1. The third-order valence-electron chi connectivity index (χ3n) is 2.95. The fraction of sp³-hybridized carbons (Fsp3) is 0.133. The van der Waals surface area contributed by atoms with Crippen LogP contribution in [0.15, 0.2) is 48.5 Å². The summed E-state index contributed by atoms with van der Waals surface area (Å²) in [6, 6.07) is 11.6. The van der Waals surface area contributed by atoms with E-state index in [1.807, 2.05) is 0 Å². The molecule has 6 heteroatoms. The summed E-state index contributed by atoms with van der Waals surface area (Å²) in [5.74, 6) is -0.545. The Kier molecular flexibility index (Phi) is 4.16. The summed E-state index contributed by atoms with van der Waals surface area (Å²) >= 11 is 0. The van der Waals surface area contributed by atoms with Crippen molar-refractivity contribution < 1.29 is 18.0 Å². The molecule has 0 spiro atoms. The summed E-state index contributed by atoms with van der Waals surface area (Å²) in [6.07, 6.45) is -4.40. The van der Waals surface area contributed by atoms with Gasteiger partial charge >= 0.3 is 6.18 Å². The molecule has 0 fully saturated rings. The summed E-state index contributed by atoms with van der Waals surface area (Å²) in [4.78, 5) is 10.9. The minimum Gasteiger partial charge on any atom is -0.380 e. The first-order valence-corrected chi connectivity index (χ1v) is 6.17. The topological polar surface area (TPSA) is 55.1 Å². The molecule has 0 bridgehead atoms. The Bertz CT molecular complexity index is 636. The van der Waals surface area contributed by atoms with E-state index in [4.69, 9.17) is 5.73 Å². The predicted molar refractivity (Wildman–Crippen MR) is 73.7 cm³/mol. The third-order valence-corrected chi connectivity index (χ3v) is 2.95. The second-order valence-electron chi connectivity index (χ2n) is 4.46. The minimum atomic E-state index is -4.40. The van der Waals surface area contributed by atoms with Crippen molar-refractivity contribution in [3.63, 3.8) is 0 Å². The van der Waals surface area contributed by atoms with Gasteiger partial charge in [0, 0.05) is 17.8 Å². The number of anilines is 1. The largest absolute Gasteiger partial charge is 0.418 e. The highest BCUT2D eigenvalue weighted by molar-refractivity contribution is 5.92. The molecule has 0 aliphatic rings. The molecule has 0 saturated heterocycles. The highest BCUT2D eigenvalue weighted by Gasteiger charge is 2.32. The van der Waals surface area contributed by atoms with Gasteiger partial charge in [0.25, 0.3) is 0 Å². The Morgan fingerprint density at radius 3 is 2.24 bits per heavy atom. The van der Waals surface area contributed by atoms with E-state index in [0.29, 0.717) is 5.56 Å². The van der Waals surface area contributed by atoms with Crippen LogP contribution in [0.3, 0.4) is 0 Å². The number of alkyl halides is 3. The van der Waals surface area contributed by atoms with Gasteiger partial charge in [0.05, 0.1) is 5.56 Å². The molecular weight excluding hydrogens is 281 g/mol. The van der Waals surface area contributed by atoms with Crippen molar-refractivity contribution >= 4 is 11.6 Å². The van der Waals surface area contributed by atoms with E-state index >= 15 is 0 Å². The molecule has 0 radical (unpaired) electrons. The van der Waals surface area contributed by atoms with Crippen molar-refractivity contribution in [2.75, 3.05) is 5.32 Å². The van der Waals surface area contributed by atoms with E-state index in [-0.39, 0.29) is 12.2 Å². The smallest absolute Gasteiger partial charge is 0.380 e. The molecule has 0 unspecified atom stereocenters. The maximum atomic E-state index is 12.8. The maximum Gasteiger partial charge on any atom is 0.418 e. The van der Waals surface area contributed by atoms with Gasteiger partial charge in [-0.2, -0.15) is 13.2 Å². The fourth-order valence-corrected chi connectivity index (χ4v) is 1.87.